The Balaban J connectivity index is 1.61. The molecule has 2 unspecified atom stereocenters. The first kappa shape index (κ1) is 16.9. The van der Waals surface area contributed by atoms with Crippen molar-refractivity contribution in [2.75, 3.05) is 17.3 Å². The second kappa shape index (κ2) is 6.89. The molecule has 0 radical (unpaired) electrons. The summed E-state index contributed by atoms with van der Waals surface area (Å²) in [7, 11) is 1.72. The van der Waals surface area contributed by atoms with Crippen LogP contribution in [0.4, 0.5) is 11.4 Å². The molecular weight excluding hydrogens is 316 g/mol. The zero-order valence-corrected chi connectivity index (χ0v) is 14.2. The summed E-state index contributed by atoms with van der Waals surface area (Å²) in [6.07, 6.45) is 0.550. The summed E-state index contributed by atoms with van der Waals surface area (Å²) < 4.78 is 0. The van der Waals surface area contributed by atoms with Crippen LogP contribution in [0.15, 0.2) is 54.6 Å². The van der Waals surface area contributed by atoms with E-state index >= 15 is 0 Å². The summed E-state index contributed by atoms with van der Waals surface area (Å²) in [6.45, 7) is 1.48. The third-order valence-corrected chi connectivity index (χ3v) is 4.46. The lowest BCUT2D eigenvalue weighted by Gasteiger charge is -2.17. The maximum atomic E-state index is 12.5. The van der Waals surface area contributed by atoms with Crippen LogP contribution in [0.1, 0.15) is 23.7 Å². The fourth-order valence-electron chi connectivity index (χ4n) is 2.84. The maximum Gasteiger partial charge on any atom is 0.230 e. The van der Waals surface area contributed by atoms with Gasteiger partial charge in [-0.3, -0.25) is 14.4 Å². The Labute approximate surface area is 146 Å². The number of amides is 2. The van der Waals surface area contributed by atoms with E-state index in [0.29, 0.717) is 17.7 Å². The zero-order valence-electron chi connectivity index (χ0n) is 14.2. The predicted molar refractivity (Wildman–Crippen MR) is 96.5 cm³/mol. The fraction of sp³-hybridized carbons (Fsp3) is 0.250. The van der Waals surface area contributed by atoms with Crippen LogP contribution in [-0.4, -0.2) is 24.6 Å². The highest BCUT2D eigenvalue weighted by molar-refractivity contribution is 6.04. The molecule has 1 fully saturated rings. The lowest BCUT2D eigenvalue weighted by atomic mass is 10.1. The highest BCUT2D eigenvalue weighted by atomic mass is 16.2. The van der Waals surface area contributed by atoms with E-state index in [0.717, 1.165) is 5.69 Å². The Morgan fingerprint density at radius 3 is 2.40 bits per heavy atom. The van der Waals surface area contributed by atoms with E-state index in [1.807, 2.05) is 30.3 Å². The molecule has 0 saturated heterocycles. The van der Waals surface area contributed by atoms with Gasteiger partial charge >= 0.3 is 0 Å². The first-order chi connectivity index (χ1) is 12.0. The smallest absolute Gasteiger partial charge is 0.230 e. The number of carbonyl (C=O) groups is 3. The lowest BCUT2D eigenvalue weighted by Crippen LogP contribution is -2.29. The molecule has 0 aromatic heterocycles. The summed E-state index contributed by atoms with van der Waals surface area (Å²) in [5.41, 5.74) is 1.94. The Bertz CT molecular complexity index is 817. The third kappa shape index (κ3) is 3.76. The maximum absolute atomic E-state index is 12.5. The number of anilines is 2. The number of benzene rings is 2. The average Bonchev–Trinajstić information content (AvgIpc) is 3.42. The average molecular weight is 336 g/mol. The van der Waals surface area contributed by atoms with E-state index in [9.17, 15) is 14.4 Å². The highest BCUT2D eigenvalue weighted by Crippen LogP contribution is 2.41. The minimum Gasteiger partial charge on any atom is -0.326 e. The minimum atomic E-state index is -0.320. The second-order valence-corrected chi connectivity index (χ2v) is 6.31. The van der Waals surface area contributed by atoms with Gasteiger partial charge in [-0.25, -0.2) is 0 Å². The van der Waals surface area contributed by atoms with Crippen LogP contribution >= 0.6 is 0 Å². The van der Waals surface area contributed by atoms with E-state index < -0.39 is 0 Å². The van der Waals surface area contributed by atoms with Crippen LogP contribution in [0.2, 0.25) is 0 Å². The Hall–Kier alpha value is -2.95. The van der Waals surface area contributed by atoms with Gasteiger partial charge in [0.05, 0.1) is 11.8 Å². The number of para-hydroxylation sites is 1. The van der Waals surface area contributed by atoms with Gasteiger partial charge in [0.15, 0.2) is 5.78 Å². The SMILES string of the molecule is CC(=O)c1cccc(NC(=O)C2CC2C(=O)N(C)c2ccccc2)c1. The van der Waals surface area contributed by atoms with E-state index in [2.05, 4.69) is 5.32 Å². The fourth-order valence-corrected chi connectivity index (χ4v) is 2.84. The molecule has 2 aromatic rings. The molecule has 2 atom stereocenters. The van der Waals surface area contributed by atoms with Gasteiger partial charge in [0, 0.05) is 24.0 Å². The van der Waals surface area contributed by atoms with Crippen LogP contribution < -0.4 is 10.2 Å². The molecule has 128 valence electrons. The molecule has 1 aliphatic rings. The number of nitrogens with zero attached hydrogens (tertiary/aromatic N) is 1. The van der Waals surface area contributed by atoms with Crippen molar-refractivity contribution in [3.8, 4) is 0 Å². The molecule has 5 nitrogen and oxygen atoms in total. The summed E-state index contributed by atoms with van der Waals surface area (Å²) in [5, 5.41) is 2.80. The quantitative estimate of drug-likeness (QED) is 0.853. The van der Waals surface area contributed by atoms with Crippen LogP contribution in [0.5, 0.6) is 0 Å². The normalized spacial score (nSPS) is 18.3. The second-order valence-electron chi connectivity index (χ2n) is 6.31. The zero-order chi connectivity index (χ0) is 18.0. The van der Waals surface area contributed by atoms with Gasteiger partial charge in [0.1, 0.15) is 0 Å². The standard InChI is InChI=1S/C20H20N2O3/c1-13(23)14-7-6-8-15(11-14)21-19(24)17-12-18(17)20(25)22(2)16-9-4-3-5-10-16/h3-11,17-18H,12H2,1-2H3,(H,21,24). The molecule has 1 aliphatic carbocycles. The van der Waals surface area contributed by atoms with E-state index in [1.165, 1.54) is 6.92 Å². The number of Topliss-reactive ketones (excluding diaryl/α,β-unsaturated/α-hetero) is 1. The van der Waals surface area contributed by atoms with Gasteiger partial charge < -0.3 is 10.2 Å². The predicted octanol–water partition coefficient (Wildman–Crippen LogP) is 3.13. The van der Waals surface area contributed by atoms with Crippen molar-refractivity contribution in [1.29, 1.82) is 0 Å². The van der Waals surface area contributed by atoms with Crippen molar-refractivity contribution in [3.05, 3.63) is 60.2 Å². The van der Waals surface area contributed by atoms with Crippen LogP contribution in [-0.2, 0) is 9.59 Å². The molecule has 0 bridgehead atoms. The van der Waals surface area contributed by atoms with Gasteiger partial charge in [-0.05, 0) is 37.6 Å². The van der Waals surface area contributed by atoms with Gasteiger partial charge in [-0.15, -0.1) is 0 Å². The molecule has 5 heteroatoms. The summed E-state index contributed by atoms with van der Waals surface area (Å²) in [4.78, 5) is 37.9. The first-order valence-electron chi connectivity index (χ1n) is 8.22. The van der Waals surface area contributed by atoms with Crippen molar-refractivity contribution in [2.45, 2.75) is 13.3 Å². The Kier molecular flexibility index (Phi) is 4.65. The van der Waals surface area contributed by atoms with Gasteiger partial charge in [-0.2, -0.15) is 0 Å². The molecule has 2 amide bonds. The van der Waals surface area contributed by atoms with Gasteiger partial charge in [0.25, 0.3) is 0 Å². The highest BCUT2D eigenvalue weighted by Gasteiger charge is 2.49. The number of rotatable bonds is 5. The van der Waals surface area contributed by atoms with Crippen molar-refractivity contribution in [1.82, 2.24) is 0 Å². The van der Waals surface area contributed by atoms with Crippen molar-refractivity contribution in [2.24, 2.45) is 11.8 Å². The summed E-state index contributed by atoms with van der Waals surface area (Å²) >= 11 is 0. The molecule has 1 saturated carbocycles. The molecule has 0 aliphatic heterocycles. The van der Waals surface area contributed by atoms with E-state index in [1.54, 1.807) is 36.2 Å². The topological polar surface area (TPSA) is 66.5 Å². The van der Waals surface area contributed by atoms with Crippen molar-refractivity contribution < 1.29 is 14.4 Å². The largest absolute Gasteiger partial charge is 0.326 e. The number of ketones is 1. The van der Waals surface area contributed by atoms with Gasteiger partial charge in [0.2, 0.25) is 11.8 Å². The van der Waals surface area contributed by atoms with Crippen LogP contribution in [0, 0.1) is 11.8 Å². The number of hydrogen-bond donors (Lipinski definition) is 1. The van der Waals surface area contributed by atoms with Crippen molar-refractivity contribution in [3.63, 3.8) is 0 Å². The third-order valence-electron chi connectivity index (χ3n) is 4.46. The molecule has 1 N–H and O–H groups in total. The number of hydrogen-bond acceptors (Lipinski definition) is 3. The Morgan fingerprint density at radius 1 is 1.00 bits per heavy atom. The lowest BCUT2D eigenvalue weighted by molar-refractivity contribution is -0.123. The molecule has 0 spiro atoms. The van der Waals surface area contributed by atoms with Crippen molar-refractivity contribution >= 4 is 29.0 Å². The minimum absolute atomic E-state index is 0.0520. The molecule has 2 aromatic carbocycles. The summed E-state index contributed by atoms with van der Waals surface area (Å²) in [6, 6.07) is 16.2. The van der Waals surface area contributed by atoms with Crippen LogP contribution in [0.25, 0.3) is 0 Å². The number of carbonyl (C=O) groups excluding carboxylic acids is 3. The van der Waals surface area contributed by atoms with Crippen LogP contribution in [0.3, 0.4) is 0 Å². The van der Waals surface area contributed by atoms with E-state index in [4.69, 9.17) is 0 Å². The monoisotopic (exact) mass is 336 g/mol. The first-order valence-corrected chi connectivity index (χ1v) is 8.22. The van der Waals surface area contributed by atoms with Gasteiger partial charge in [-0.1, -0.05) is 30.3 Å². The molecule has 3 rings (SSSR count). The summed E-state index contributed by atoms with van der Waals surface area (Å²) in [5.74, 6) is -0.898. The molecular formula is C20H20N2O3. The Morgan fingerprint density at radius 2 is 1.72 bits per heavy atom. The molecule has 0 heterocycles. The van der Waals surface area contributed by atoms with E-state index in [-0.39, 0.29) is 29.4 Å². The molecule has 25 heavy (non-hydrogen) atoms. The number of nitrogens with one attached hydrogen (secondary N) is 1.